The lowest BCUT2D eigenvalue weighted by Crippen LogP contribution is -2.38. The molecule has 0 atom stereocenters. The molecule has 1 aliphatic rings. The van der Waals surface area contributed by atoms with E-state index in [4.69, 9.17) is 5.73 Å². The minimum absolute atomic E-state index is 0.132. The Balaban J connectivity index is 1.74. The number of aromatic amines is 1. The van der Waals surface area contributed by atoms with Crippen LogP contribution >= 0.6 is 0 Å². The molecule has 0 bridgehead atoms. The largest absolute Gasteiger partial charge is 0.366 e. The van der Waals surface area contributed by atoms with Gasteiger partial charge in [0.1, 0.15) is 0 Å². The van der Waals surface area contributed by atoms with Crippen molar-refractivity contribution in [2.75, 3.05) is 18.8 Å². The summed E-state index contributed by atoms with van der Waals surface area (Å²) in [6.45, 7) is 4.76. The van der Waals surface area contributed by atoms with Crippen LogP contribution in [0.5, 0.6) is 0 Å². The third-order valence-corrected chi connectivity index (χ3v) is 7.97. The first-order valence-electron chi connectivity index (χ1n) is 10.3. The van der Waals surface area contributed by atoms with E-state index in [0.717, 1.165) is 46.0 Å². The highest BCUT2D eigenvalue weighted by Crippen LogP contribution is 2.37. The lowest BCUT2D eigenvalue weighted by molar-refractivity contribution is 0.100. The molecule has 1 fully saturated rings. The minimum Gasteiger partial charge on any atom is -0.366 e. The van der Waals surface area contributed by atoms with Crippen molar-refractivity contribution in [3.05, 3.63) is 59.3 Å². The lowest BCUT2D eigenvalue weighted by Gasteiger charge is -2.31. The molecule has 1 aliphatic heterocycles. The summed E-state index contributed by atoms with van der Waals surface area (Å²) >= 11 is 0. The summed E-state index contributed by atoms with van der Waals surface area (Å²) in [4.78, 5) is 15.4. The normalized spacial score (nSPS) is 16.2. The molecule has 0 aliphatic carbocycles. The molecule has 6 nitrogen and oxygen atoms in total. The van der Waals surface area contributed by atoms with Crippen LogP contribution in [-0.2, 0) is 10.0 Å². The predicted octanol–water partition coefficient (Wildman–Crippen LogP) is 3.77. The maximum atomic E-state index is 12.2. The van der Waals surface area contributed by atoms with Gasteiger partial charge in [-0.25, -0.2) is 12.7 Å². The molecule has 7 heteroatoms. The number of benzene rings is 2. The average molecular weight is 426 g/mol. The van der Waals surface area contributed by atoms with Gasteiger partial charge >= 0.3 is 0 Å². The van der Waals surface area contributed by atoms with Crippen LogP contribution in [0.2, 0.25) is 0 Å². The van der Waals surface area contributed by atoms with Gasteiger partial charge in [0.25, 0.3) is 5.91 Å². The Morgan fingerprint density at radius 1 is 1.17 bits per heavy atom. The van der Waals surface area contributed by atoms with Crippen LogP contribution < -0.4 is 5.73 Å². The number of primary amides is 1. The van der Waals surface area contributed by atoms with Crippen LogP contribution in [0.3, 0.4) is 0 Å². The first kappa shape index (κ1) is 20.6. The van der Waals surface area contributed by atoms with Gasteiger partial charge in [-0.05, 0) is 61.4 Å². The summed E-state index contributed by atoms with van der Waals surface area (Å²) in [5.74, 6) is -0.102. The van der Waals surface area contributed by atoms with Gasteiger partial charge in [-0.3, -0.25) is 4.79 Å². The fraction of sp³-hybridized carbons (Fsp3) is 0.348. The van der Waals surface area contributed by atoms with Gasteiger partial charge in [0.15, 0.2) is 0 Å². The maximum absolute atomic E-state index is 12.2. The summed E-state index contributed by atoms with van der Waals surface area (Å²) in [6.07, 6.45) is 3.46. The monoisotopic (exact) mass is 425 g/mol. The summed E-state index contributed by atoms with van der Waals surface area (Å²) in [6, 6.07) is 12.1. The van der Waals surface area contributed by atoms with Crippen molar-refractivity contribution in [1.82, 2.24) is 9.29 Å². The van der Waals surface area contributed by atoms with Crippen molar-refractivity contribution in [2.45, 2.75) is 32.6 Å². The van der Waals surface area contributed by atoms with Crippen molar-refractivity contribution < 1.29 is 13.2 Å². The van der Waals surface area contributed by atoms with E-state index >= 15 is 0 Å². The summed E-state index contributed by atoms with van der Waals surface area (Å²) in [5.41, 5.74) is 11.2. The summed E-state index contributed by atoms with van der Waals surface area (Å²) in [7, 11) is -3.16. The molecule has 1 aromatic heterocycles. The number of nitrogens with one attached hydrogen (secondary N) is 1. The lowest BCUT2D eigenvalue weighted by atomic mass is 9.88. The standard InChI is InChI=1S/C23H27N3O3S/c1-3-30(28,29)26-9-7-16(8-10-26)21-14-25-22-19(21)12-18(13-20(22)23(24)27)17-6-4-5-15(2)11-17/h4-6,11-14,16,25H,3,7-10H2,1-2H3,(H2,24,27). The molecular formula is C23H27N3O3S. The molecule has 0 radical (unpaired) electrons. The van der Waals surface area contributed by atoms with Crippen LogP contribution in [0, 0.1) is 6.92 Å². The number of carbonyl (C=O) groups excluding carboxylic acids is 1. The molecule has 3 aromatic rings. The number of H-pyrrole nitrogens is 1. The van der Waals surface area contributed by atoms with Crippen LogP contribution in [0.15, 0.2) is 42.6 Å². The molecule has 0 saturated carbocycles. The van der Waals surface area contributed by atoms with E-state index in [0.29, 0.717) is 18.7 Å². The number of fused-ring (bicyclic) bond motifs is 1. The second kappa shape index (κ2) is 7.89. The Bertz CT molecular complexity index is 1210. The molecule has 30 heavy (non-hydrogen) atoms. The number of aryl methyl sites for hydroxylation is 1. The molecular weight excluding hydrogens is 398 g/mol. The fourth-order valence-electron chi connectivity index (χ4n) is 4.40. The van der Waals surface area contributed by atoms with Crippen molar-refractivity contribution in [3.8, 4) is 11.1 Å². The maximum Gasteiger partial charge on any atom is 0.250 e. The van der Waals surface area contributed by atoms with Crippen LogP contribution in [0.4, 0.5) is 0 Å². The average Bonchev–Trinajstić information content (AvgIpc) is 3.17. The first-order valence-corrected chi connectivity index (χ1v) is 11.9. The van der Waals surface area contributed by atoms with Crippen molar-refractivity contribution >= 4 is 26.8 Å². The Hall–Kier alpha value is -2.64. The van der Waals surface area contributed by atoms with E-state index in [9.17, 15) is 13.2 Å². The van der Waals surface area contributed by atoms with E-state index < -0.39 is 15.9 Å². The molecule has 1 saturated heterocycles. The molecule has 2 heterocycles. The fourth-order valence-corrected chi connectivity index (χ4v) is 5.54. The number of nitrogens with two attached hydrogens (primary N) is 1. The van der Waals surface area contributed by atoms with Crippen LogP contribution in [0.25, 0.3) is 22.0 Å². The topological polar surface area (TPSA) is 96.3 Å². The first-order chi connectivity index (χ1) is 14.3. The summed E-state index contributed by atoms with van der Waals surface area (Å²) < 4.78 is 25.9. The van der Waals surface area contributed by atoms with E-state index in [1.165, 1.54) is 0 Å². The van der Waals surface area contributed by atoms with Gasteiger partial charge in [0.05, 0.1) is 16.8 Å². The Morgan fingerprint density at radius 3 is 2.53 bits per heavy atom. The molecule has 3 N–H and O–H groups in total. The van der Waals surface area contributed by atoms with E-state index in [2.05, 4.69) is 17.1 Å². The minimum atomic E-state index is -3.16. The van der Waals surface area contributed by atoms with Gasteiger partial charge in [-0.2, -0.15) is 0 Å². The zero-order valence-corrected chi connectivity index (χ0v) is 18.1. The highest BCUT2D eigenvalue weighted by molar-refractivity contribution is 7.89. The van der Waals surface area contributed by atoms with Crippen LogP contribution in [0.1, 0.15) is 47.2 Å². The molecule has 1 amide bonds. The van der Waals surface area contributed by atoms with Gasteiger partial charge in [0.2, 0.25) is 10.0 Å². The zero-order chi connectivity index (χ0) is 21.5. The molecule has 2 aromatic carbocycles. The second-order valence-electron chi connectivity index (χ2n) is 8.00. The quantitative estimate of drug-likeness (QED) is 0.651. The number of amides is 1. The van der Waals surface area contributed by atoms with Crippen molar-refractivity contribution in [1.29, 1.82) is 0 Å². The highest BCUT2D eigenvalue weighted by Gasteiger charge is 2.29. The van der Waals surface area contributed by atoms with Crippen molar-refractivity contribution in [2.24, 2.45) is 5.73 Å². The van der Waals surface area contributed by atoms with Crippen LogP contribution in [-0.4, -0.2) is 42.5 Å². The van der Waals surface area contributed by atoms with Gasteiger partial charge in [-0.15, -0.1) is 0 Å². The number of aromatic nitrogens is 1. The number of rotatable bonds is 5. The zero-order valence-electron chi connectivity index (χ0n) is 17.3. The number of carbonyl (C=O) groups is 1. The molecule has 4 rings (SSSR count). The van der Waals surface area contributed by atoms with E-state index in [-0.39, 0.29) is 11.7 Å². The molecule has 0 unspecified atom stereocenters. The number of sulfonamides is 1. The Labute approximate surface area is 177 Å². The number of hydrogen-bond acceptors (Lipinski definition) is 3. The Morgan fingerprint density at radius 2 is 1.90 bits per heavy atom. The Kier molecular flexibility index (Phi) is 5.42. The number of piperidine rings is 1. The SMILES string of the molecule is CCS(=O)(=O)N1CCC(c2c[nH]c3c(C(N)=O)cc(-c4cccc(C)c4)cc23)CC1. The molecule has 0 spiro atoms. The second-order valence-corrected chi connectivity index (χ2v) is 10.3. The highest BCUT2D eigenvalue weighted by atomic mass is 32.2. The predicted molar refractivity (Wildman–Crippen MR) is 120 cm³/mol. The number of hydrogen-bond donors (Lipinski definition) is 2. The van der Waals surface area contributed by atoms with Crippen molar-refractivity contribution in [3.63, 3.8) is 0 Å². The summed E-state index contributed by atoms with van der Waals surface area (Å²) in [5, 5.41) is 0.986. The van der Waals surface area contributed by atoms with E-state index in [1.807, 2.05) is 37.4 Å². The van der Waals surface area contributed by atoms with Gasteiger partial charge in [-0.1, -0.05) is 29.8 Å². The third-order valence-electron chi connectivity index (χ3n) is 6.09. The van der Waals surface area contributed by atoms with Gasteiger partial charge in [0, 0.05) is 24.7 Å². The van der Waals surface area contributed by atoms with E-state index in [1.54, 1.807) is 11.2 Å². The third kappa shape index (κ3) is 3.75. The van der Waals surface area contributed by atoms with Gasteiger partial charge < -0.3 is 10.7 Å². The molecule has 158 valence electrons. The smallest absolute Gasteiger partial charge is 0.250 e. The number of nitrogens with zero attached hydrogens (tertiary/aromatic N) is 1.